The zero-order valence-electron chi connectivity index (χ0n) is 24.2. The van der Waals surface area contributed by atoms with Gasteiger partial charge in [0, 0.05) is 50.8 Å². The Morgan fingerprint density at radius 3 is 2.11 bits per heavy atom. The molecule has 210 valence electrons. The van der Waals surface area contributed by atoms with Crippen molar-refractivity contribution in [1.82, 2.24) is 24.5 Å². The third kappa shape index (κ3) is 6.32. The van der Waals surface area contributed by atoms with Crippen LogP contribution in [0.1, 0.15) is 80.1 Å². The molecule has 4 aliphatic rings. The highest BCUT2D eigenvalue weighted by atomic mass is 16.2. The van der Waals surface area contributed by atoms with Gasteiger partial charge in [-0.2, -0.15) is 0 Å². The minimum Gasteiger partial charge on any atom is -0.338 e. The Bertz CT molecular complexity index is 822. The molecule has 3 saturated heterocycles. The maximum atomic E-state index is 13.9. The number of likely N-dealkylation sites (N-methyl/N-ethyl adjacent to an activating group) is 1. The number of piperazine rings is 1. The number of amides is 3. The topological polar surface area (TPSA) is 67.4 Å². The van der Waals surface area contributed by atoms with E-state index in [-0.39, 0.29) is 35.4 Å². The van der Waals surface area contributed by atoms with E-state index in [0.717, 1.165) is 71.2 Å². The standard InChI is InChI=1S/C29H51N5O3/c1-7-30-14-16-31(17-15-30)27(37)25-18-24(34(21-35)23-8-11-29(5,6)12-9-23)20-33(25)26(36)22-10-13-32(19-22)28(2,3)4/h21-25H,7-20H2,1-6H3. The van der Waals surface area contributed by atoms with Gasteiger partial charge in [-0.15, -0.1) is 0 Å². The molecule has 8 nitrogen and oxygen atoms in total. The highest BCUT2D eigenvalue weighted by molar-refractivity contribution is 5.89. The first-order valence-corrected chi connectivity index (χ1v) is 14.7. The molecular formula is C29H51N5O3. The quantitative estimate of drug-likeness (QED) is 0.507. The summed E-state index contributed by atoms with van der Waals surface area (Å²) in [6.45, 7) is 19.7. The van der Waals surface area contributed by atoms with Gasteiger partial charge in [0.15, 0.2) is 0 Å². The van der Waals surface area contributed by atoms with Crippen LogP contribution in [0.2, 0.25) is 0 Å². The smallest absolute Gasteiger partial charge is 0.245 e. The second kappa shape index (κ2) is 11.2. The Kier molecular flexibility index (Phi) is 8.59. The van der Waals surface area contributed by atoms with E-state index in [4.69, 9.17) is 0 Å². The van der Waals surface area contributed by atoms with Gasteiger partial charge >= 0.3 is 0 Å². The van der Waals surface area contributed by atoms with Crippen LogP contribution in [0.3, 0.4) is 0 Å². The summed E-state index contributed by atoms with van der Waals surface area (Å²) in [5.74, 6) is 0.105. The van der Waals surface area contributed by atoms with Crippen LogP contribution in [0, 0.1) is 11.3 Å². The fourth-order valence-electron chi connectivity index (χ4n) is 6.96. The maximum absolute atomic E-state index is 13.9. The van der Waals surface area contributed by atoms with Crippen molar-refractivity contribution >= 4 is 18.2 Å². The minimum atomic E-state index is -0.461. The molecule has 0 aromatic rings. The van der Waals surface area contributed by atoms with Gasteiger partial charge in [0.25, 0.3) is 0 Å². The van der Waals surface area contributed by atoms with E-state index in [0.29, 0.717) is 31.5 Å². The molecule has 8 heteroatoms. The molecule has 0 bridgehead atoms. The fourth-order valence-corrected chi connectivity index (χ4v) is 6.96. The molecule has 4 rings (SSSR count). The van der Waals surface area contributed by atoms with E-state index >= 15 is 0 Å². The highest BCUT2D eigenvalue weighted by Crippen LogP contribution is 2.39. The summed E-state index contributed by atoms with van der Waals surface area (Å²) >= 11 is 0. The lowest BCUT2D eigenvalue weighted by molar-refractivity contribution is -0.146. The van der Waals surface area contributed by atoms with Crippen LogP contribution in [-0.2, 0) is 14.4 Å². The van der Waals surface area contributed by atoms with Crippen molar-refractivity contribution < 1.29 is 14.4 Å². The van der Waals surface area contributed by atoms with Crippen molar-refractivity contribution in [2.24, 2.45) is 11.3 Å². The lowest BCUT2D eigenvalue weighted by Gasteiger charge is -2.41. The second-order valence-electron chi connectivity index (χ2n) is 13.7. The van der Waals surface area contributed by atoms with Gasteiger partial charge in [-0.1, -0.05) is 20.8 Å². The van der Waals surface area contributed by atoms with Crippen molar-refractivity contribution in [3.63, 3.8) is 0 Å². The molecule has 3 unspecified atom stereocenters. The first-order valence-electron chi connectivity index (χ1n) is 14.7. The van der Waals surface area contributed by atoms with Crippen molar-refractivity contribution in [1.29, 1.82) is 0 Å². The molecule has 3 atom stereocenters. The number of carbonyl (C=O) groups excluding carboxylic acids is 3. The van der Waals surface area contributed by atoms with Crippen LogP contribution in [0.4, 0.5) is 0 Å². The lowest BCUT2D eigenvalue weighted by atomic mass is 9.75. The Hall–Kier alpha value is -1.67. The van der Waals surface area contributed by atoms with Gasteiger partial charge < -0.3 is 19.6 Å². The van der Waals surface area contributed by atoms with Crippen molar-refractivity contribution in [3.8, 4) is 0 Å². The lowest BCUT2D eigenvalue weighted by Crippen LogP contribution is -2.55. The Morgan fingerprint density at radius 2 is 1.57 bits per heavy atom. The SMILES string of the molecule is CCN1CCN(C(=O)C2CC(N(C=O)C3CCC(C)(C)CC3)CN2C(=O)C2CCN(C(C)(C)C)C2)CC1. The van der Waals surface area contributed by atoms with Crippen molar-refractivity contribution in [2.45, 2.75) is 104 Å². The molecular weight excluding hydrogens is 466 g/mol. The monoisotopic (exact) mass is 517 g/mol. The van der Waals surface area contributed by atoms with Crippen LogP contribution in [0.25, 0.3) is 0 Å². The highest BCUT2D eigenvalue weighted by Gasteiger charge is 2.47. The number of likely N-dealkylation sites (tertiary alicyclic amines) is 2. The summed E-state index contributed by atoms with van der Waals surface area (Å²) in [5, 5.41) is 0. The van der Waals surface area contributed by atoms with Crippen LogP contribution >= 0.6 is 0 Å². The van der Waals surface area contributed by atoms with Gasteiger partial charge in [-0.3, -0.25) is 19.3 Å². The molecule has 4 fully saturated rings. The van der Waals surface area contributed by atoms with E-state index in [9.17, 15) is 14.4 Å². The molecule has 3 aliphatic heterocycles. The van der Waals surface area contributed by atoms with E-state index in [1.807, 2.05) is 14.7 Å². The molecule has 1 saturated carbocycles. The predicted molar refractivity (Wildman–Crippen MR) is 146 cm³/mol. The minimum absolute atomic E-state index is 0.0276. The zero-order valence-corrected chi connectivity index (χ0v) is 24.2. The van der Waals surface area contributed by atoms with Gasteiger partial charge in [-0.05, 0) is 77.8 Å². The maximum Gasteiger partial charge on any atom is 0.245 e. The summed E-state index contributed by atoms with van der Waals surface area (Å²) in [7, 11) is 0. The Balaban J connectivity index is 1.51. The van der Waals surface area contributed by atoms with E-state index in [1.54, 1.807) is 0 Å². The summed E-state index contributed by atoms with van der Waals surface area (Å²) in [6.07, 6.45) is 6.60. The first kappa shape index (κ1) is 28.3. The average molecular weight is 518 g/mol. The number of hydrogen-bond donors (Lipinski definition) is 0. The molecule has 0 N–H and O–H groups in total. The Labute approximate surface area is 224 Å². The van der Waals surface area contributed by atoms with Gasteiger partial charge in [0.2, 0.25) is 18.2 Å². The molecule has 1 aliphatic carbocycles. The van der Waals surface area contributed by atoms with Crippen LogP contribution in [0.5, 0.6) is 0 Å². The van der Waals surface area contributed by atoms with Gasteiger partial charge in [-0.25, -0.2) is 0 Å². The molecule has 0 radical (unpaired) electrons. The van der Waals surface area contributed by atoms with E-state index < -0.39 is 6.04 Å². The largest absolute Gasteiger partial charge is 0.338 e. The second-order valence-corrected chi connectivity index (χ2v) is 13.7. The molecule has 0 spiro atoms. The molecule has 3 heterocycles. The van der Waals surface area contributed by atoms with Gasteiger partial charge in [0.05, 0.1) is 12.0 Å². The van der Waals surface area contributed by atoms with Crippen molar-refractivity contribution in [3.05, 3.63) is 0 Å². The van der Waals surface area contributed by atoms with Crippen LogP contribution in [-0.4, -0.2) is 119 Å². The molecule has 0 aromatic heterocycles. The van der Waals surface area contributed by atoms with Crippen molar-refractivity contribution in [2.75, 3.05) is 52.4 Å². The molecule has 3 amide bonds. The average Bonchev–Trinajstić information content (AvgIpc) is 3.53. The van der Waals surface area contributed by atoms with Gasteiger partial charge in [0.1, 0.15) is 6.04 Å². The summed E-state index contributed by atoms with van der Waals surface area (Å²) < 4.78 is 0. The zero-order chi connectivity index (χ0) is 27.0. The predicted octanol–water partition coefficient (Wildman–Crippen LogP) is 2.67. The third-order valence-corrected chi connectivity index (χ3v) is 9.74. The summed E-state index contributed by atoms with van der Waals surface area (Å²) in [4.78, 5) is 50.8. The summed E-state index contributed by atoms with van der Waals surface area (Å²) in [5.41, 5.74) is 0.350. The number of carbonyl (C=O) groups is 3. The fraction of sp³-hybridized carbons (Fsp3) is 0.897. The first-order chi connectivity index (χ1) is 17.4. The normalized spacial score (nSPS) is 30.1. The number of hydrogen-bond acceptors (Lipinski definition) is 5. The van der Waals surface area contributed by atoms with Crippen LogP contribution < -0.4 is 0 Å². The van der Waals surface area contributed by atoms with E-state index in [1.165, 1.54) is 0 Å². The third-order valence-electron chi connectivity index (χ3n) is 9.74. The molecule has 0 aromatic carbocycles. The Morgan fingerprint density at radius 1 is 0.919 bits per heavy atom. The summed E-state index contributed by atoms with van der Waals surface area (Å²) in [6, 6.07) is -0.340. The number of rotatable bonds is 6. The van der Waals surface area contributed by atoms with E-state index in [2.05, 4.69) is 51.3 Å². The van der Waals surface area contributed by atoms with Crippen LogP contribution in [0.15, 0.2) is 0 Å². The molecule has 37 heavy (non-hydrogen) atoms. The number of nitrogens with zero attached hydrogens (tertiary/aromatic N) is 5.